The van der Waals surface area contributed by atoms with Crippen molar-refractivity contribution in [1.82, 2.24) is 14.5 Å². The lowest BCUT2D eigenvalue weighted by Gasteiger charge is -2.29. The number of halogens is 5. The normalized spacial score (nSPS) is 15.2. The Hall–Kier alpha value is -2.75. The molecular weight excluding hydrogens is 395 g/mol. The second kappa shape index (κ2) is 7.94. The zero-order valence-electron chi connectivity index (χ0n) is 15.3. The van der Waals surface area contributed by atoms with Gasteiger partial charge in [0, 0.05) is 25.6 Å². The first-order chi connectivity index (χ1) is 13.6. The van der Waals surface area contributed by atoms with Crippen LogP contribution in [0.1, 0.15) is 29.2 Å². The first-order valence-corrected chi connectivity index (χ1v) is 8.86. The highest BCUT2D eigenvalue weighted by Crippen LogP contribution is 2.33. The summed E-state index contributed by atoms with van der Waals surface area (Å²) in [5.74, 6) is -1.51. The summed E-state index contributed by atoms with van der Waals surface area (Å²) in [7, 11) is 0. The molecule has 0 spiro atoms. The molecule has 2 N–H and O–H groups in total. The molecule has 1 atom stereocenters. The highest BCUT2D eigenvalue weighted by atomic mass is 19.4. The number of hydrogen-bond acceptors (Lipinski definition) is 3. The summed E-state index contributed by atoms with van der Waals surface area (Å²) in [5, 5.41) is 0. The number of nitrogens with two attached hydrogens (primary N) is 1. The first kappa shape index (κ1) is 21.0. The van der Waals surface area contributed by atoms with Crippen molar-refractivity contribution >= 4 is 12.0 Å². The lowest BCUT2D eigenvalue weighted by molar-refractivity contribution is -0.141. The summed E-state index contributed by atoms with van der Waals surface area (Å²) in [4.78, 5) is 17.5. The van der Waals surface area contributed by atoms with E-state index in [0.717, 1.165) is 24.3 Å². The molecule has 0 aliphatic carbocycles. The van der Waals surface area contributed by atoms with Crippen molar-refractivity contribution in [1.29, 1.82) is 0 Å². The van der Waals surface area contributed by atoms with Crippen LogP contribution >= 0.6 is 0 Å². The van der Waals surface area contributed by atoms with Gasteiger partial charge in [-0.25, -0.2) is 13.8 Å². The van der Waals surface area contributed by atoms with E-state index in [2.05, 4.69) is 11.6 Å². The maximum atomic E-state index is 13.7. The molecule has 1 aliphatic rings. The molecule has 0 fully saturated rings. The molecule has 2 aromatic rings. The van der Waals surface area contributed by atoms with Crippen LogP contribution < -0.4 is 5.73 Å². The van der Waals surface area contributed by atoms with E-state index in [9.17, 15) is 26.7 Å². The molecule has 156 valence electrons. The van der Waals surface area contributed by atoms with E-state index in [0.29, 0.717) is 0 Å². The van der Waals surface area contributed by atoms with Gasteiger partial charge in [-0.05, 0) is 36.3 Å². The molecule has 0 bridgehead atoms. The van der Waals surface area contributed by atoms with Crippen molar-refractivity contribution in [2.45, 2.75) is 38.1 Å². The standard InChI is InChI=1S/C19H19F5N4O/c1-2-15-18(19(22,23)24)26-16-10-27(5-6-28(15)16)17(29)9-13(25)8-11-7-12(20)3-4-14(11)21/h2-4,7,13H,1,5-6,8-10,25H2. The quantitative estimate of drug-likeness (QED) is 0.765. The molecule has 5 nitrogen and oxygen atoms in total. The monoisotopic (exact) mass is 414 g/mol. The minimum Gasteiger partial charge on any atom is -0.333 e. The molecule has 1 aromatic carbocycles. The van der Waals surface area contributed by atoms with E-state index >= 15 is 0 Å². The fourth-order valence-electron chi connectivity index (χ4n) is 3.39. The molecule has 2 heterocycles. The van der Waals surface area contributed by atoms with Crippen LogP contribution in [0.2, 0.25) is 0 Å². The average molecular weight is 414 g/mol. The Bertz CT molecular complexity index is 937. The Morgan fingerprint density at radius 2 is 2.03 bits per heavy atom. The Balaban J connectivity index is 1.68. The fourth-order valence-corrected chi connectivity index (χ4v) is 3.39. The minimum absolute atomic E-state index is 0.0450. The number of hydrogen-bond donors (Lipinski definition) is 1. The van der Waals surface area contributed by atoms with Crippen LogP contribution in [0, 0.1) is 11.6 Å². The van der Waals surface area contributed by atoms with Crippen LogP contribution in [0.4, 0.5) is 22.0 Å². The number of aromatic nitrogens is 2. The van der Waals surface area contributed by atoms with E-state index in [4.69, 9.17) is 5.73 Å². The lowest BCUT2D eigenvalue weighted by Crippen LogP contribution is -2.41. The number of nitrogens with zero attached hydrogens (tertiary/aromatic N) is 3. The maximum absolute atomic E-state index is 13.7. The molecule has 0 radical (unpaired) electrons. The van der Waals surface area contributed by atoms with Crippen molar-refractivity contribution in [2.75, 3.05) is 6.54 Å². The summed E-state index contributed by atoms with van der Waals surface area (Å²) in [6.45, 7) is 3.64. The van der Waals surface area contributed by atoms with Crippen molar-refractivity contribution in [3.05, 3.63) is 59.2 Å². The zero-order chi connectivity index (χ0) is 21.3. The van der Waals surface area contributed by atoms with E-state index in [1.54, 1.807) is 0 Å². The van der Waals surface area contributed by atoms with Gasteiger partial charge < -0.3 is 15.2 Å². The number of carbonyl (C=O) groups is 1. The van der Waals surface area contributed by atoms with Gasteiger partial charge in [-0.2, -0.15) is 13.2 Å². The van der Waals surface area contributed by atoms with Crippen molar-refractivity contribution in [2.24, 2.45) is 5.73 Å². The van der Waals surface area contributed by atoms with E-state index in [1.165, 1.54) is 9.47 Å². The number of benzene rings is 1. The summed E-state index contributed by atoms with van der Waals surface area (Å²) >= 11 is 0. The highest BCUT2D eigenvalue weighted by Gasteiger charge is 2.39. The predicted octanol–water partition coefficient (Wildman–Crippen LogP) is 3.13. The maximum Gasteiger partial charge on any atom is 0.435 e. The van der Waals surface area contributed by atoms with Gasteiger partial charge in [0.05, 0.1) is 12.2 Å². The third-order valence-electron chi connectivity index (χ3n) is 4.75. The van der Waals surface area contributed by atoms with Gasteiger partial charge >= 0.3 is 6.18 Å². The van der Waals surface area contributed by atoms with Crippen LogP contribution in [-0.4, -0.2) is 32.9 Å². The van der Waals surface area contributed by atoms with Gasteiger partial charge in [0.15, 0.2) is 5.69 Å². The number of amides is 1. The van der Waals surface area contributed by atoms with E-state index < -0.39 is 35.5 Å². The minimum atomic E-state index is -4.62. The van der Waals surface area contributed by atoms with Crippen molar-refractivity contribution < 1.29 is 26.7 Å². The summed E-state index contributed by atoms with van der Waals surface area (Å²) in [6, 6.07) is 2.22. The topological polar surface area (TPSA) is 64.2 Å². The van der Waals surface area contributed by atoms with Crippen LogP contribution in [0.3, 0.4) is 0 Å². The average Bonchev–Trinajstić information content (AvgIpc) is 3.02. The van der Waals surface area contributed by atoms with E-state index in [1.807, 2.05) is 0 Å². The van der Waals surface area contributed by atoms with Gasteiger partial charge in [-0.3, -0.25) is 4.79 Å². The molecule has 29 heavy (non-hydrogen) atoms. The van der Waals surface area contributed by atoms with Crippen LogP contribution in [0.15, 0.2) is 24.8 Å². The number of fused-ring (bicyclic) bond motifs is 1. The number of imidazole rings is 1. The Morgan fingerprint density at radius 1 is 1.31 bits per heavy atom. The lowest BCUT2D eigenvalue weighted by atomic mass is 10.0. The molecule has 0 saturated carbocycles. The third kappa shape index (κ3) is 4.47. The second-order valence-corrected chi connectivity index (χ2v) is 6.83. The van der Waals surface area contributed by atoms with E-state index in [-0.39, 0.29) is 49.6 Å². The Morgan fingerprint density at radius 3 is 2.69 bits per heavy atom. The molecule has 1 aliphatic heterocycles. The highest BCUT2D eigenvalue weighted by molar-refractivity contribution is 5.77. The fraction of sp³-hybridized carbons (Fsp3) is 0.368. The summed E-state index contributed by atoms with van der Waals surface area (Å²) < 4.78 is 67.8. The van der Waals surface area contributed by atoms with Gasteiger partial charge in [0.1, 0.15) is 17.5 Å². The molecule has 3 rings (SSSR count). The summed E-state index contributed by atoms with van der Waals surface area (Å²) in [6.07, 6.45) is -3.73. The Kier molecular flexibility index (Phi) is 5.74. The van der Waals surface area contributed by atoms with Crippen molar-refractivity contribution in [3.63, 3.8) is 0 Å². The van der Waals surface area contributed by atoms with Crippen LogP contribution in [0.25, 0.3) is 6.08 Å². The molecule has 1 aromatic heterocycles. The first-order valence-electron chi connectivity index (χ1n) is 8.86. The van der Waals surface area contributed by atoms with Gasteiger partial charge in [-0.15, -0.1) is 0 Å². The van der Waals surface area contributed by atoms with Crippen LogP contribution in [-0.2, 0) is 30.5 Å². The molecule has 0 saturated heterocycles. The smallest absolute Gasteiger partial charge is 0.333 e. The summed E-state index contributed by atoms with van der Waals surface area (Å²) in [5.41, 5.74) is 4.82. The Labute approximate surface area is 163 Å². The second-order valence-electron chi connectivity index (χ2n) is 6.83. The number of alkyl halides is 3. The third-order valence-corrected chi connectivity index (χ3v) is 4.75. The van der Waals surface area contributed by atoms with Crippen LogP contribution in [0.5, 0.6) is 0 Å². The van der Waals surface area contributed by atoms with Gasteiger partial charge in [0.2, 0.25) is 5.91 Å². The zero-order valence-corrected chi connectivity index (χ0v) is 15.3. The SMILES string of the molecule is C=Cc1c(C(F)(F)F)nc2n1CCN(C(=O)CC(N)Cc1cc(F)ccc1F)C2. The molecule has 1 amide bonds. The largest absolute Gasteiger partial charge is 0.435 e. The molecule has 1 unspecified atom stereocenters. The number of carbonyl (C=O) groups excluding carboxylic acids is 1. The molecule has 10 heteroatoms. The molecular formula is C19H19F5N4O. The van der Waals surface area contributed by atoms with Crippen molar-refractivity contribution in [3.8, 4) is 0 Å². The van der Waals surface area contributed by atoms with Gasteiger partial charge in [-0.1, -0.05) is 6.58 Å². The number of rotatable bonds is 5. The van der Waals surface area contributed by atoms with Gasteiger partial charge in [0.25, 0.3) is 0 Å². The predicted molar refractivity (Wildman–Crippen MR) is 95.4 cm³/mol.